The first-order valence-corrected chi connectivity index (χ1v) is 8.43. The molecular weight excluding hydrogens is 370 g/mol. The van der Waals surface area contributed by atoms with Gasteiger partial charge in [0.05, 0.1) is 32.4 Å². The number of hydrogen-bond donors (Lipinski definition) is 2. The van der Waals surface area contributed by atoms with Gasteiger partial charge in [-0.05, 0) is 23.2 Å². The van der Waals surface area contributed by atoms with Crippen molar-refractivity contribution in [1.82, 2.24) is 9.13 Å². The van der Waals surface area contributed by atoms with E-state index in [0.29, 0.717) is 11.3 Å². The van der Waals surface area contributed by atoms with Crippen LogP contribution in [0.25, 0.3) is 10.4 Å². The summed E-state index contributed by atoms with van der Waals surface area (Å²) in [5.41, 5.74) is 8.12. The summed E-state index contributed by atoms with van der Waals surface area (Å²) in [5.74, 6) is 0.642. The molecule has 1 aliphatic rings. The summed E-state index contributed by atoms with van der Waals surface area (Å²) in [6.07, 6.45) is -2.33. The number of aliphatic hydroxyl groups excluding tert-OH is 2. The molecule has 11 heteroatoms. The van der Waals surface area contributed by atoms with E-state index < -0.39 is 42.3 Å². The van der Waals surface area contributed by atoms with Crippen LogP contribution in [-0.4, -0.2) is 51.3 Å². The lowest BCUT2D eigenvalue weighted by molar-refractivity contribution is -0.0537. The molecule has 28 heavy (non-hydrogen) atoms. The van der Waals surface area contributed by atoms with Gasteiger partial charge >= 0.3 is 5.69 Å². The molecule has 0 spiro atoms. The topological polar surface area (TPSA) is 152 Å². The van der Waals surface area contributed by atoms with E-state index in [1.165, 1.54) is 19.4 Å². The van der Waals surface area contributed by atoms with Crippen LogP contribution in [0, 0.1) is 0 Å². The number of rotatable bonds is 6. The highest BCUT2D eigenvalue weighted by molar-refractivity contribution is 5.27. The number of azide groups is 1. The highest BCUT2D eigenvalue weighted by Gasteiger charge is 2.44. The van der Waals surface area contributed by atoms with Crippen LogP contribution in [0.5, 0.6) is 5.75 Å². The minimum atomic E-state index is -1.36. The standard InChI is InChI=1S/C17H19N5O6/c1-27-11-4-2-10(3-5-11)8-22-13(24)6-7-21(17(22)26)16-15(25)14(19-20-18)12(9-23)28-16/h2-7,12,14-16,23,25H,8-9H2,1H3/t12-,14-,15-,16-/m1/s1. The largest absolute Gasteiger partial charge is 0.497 e. The van der Waals surface area contributed by atoms with Crippen molar-refractivity contribution in [1.29, 1.82) is 0 Å². The van der Waals surface area contributed by atoms with Gasteiger partial charge in [-0.2, -0.15) is 0 Å². The van der Waals surface area contributed by atoms with Crippen molar-refractivity contribution in [3.05, 3.63) is 73.4 Å². The maximum atomic E-state index is 12.9. The molecule has 0 radical (unpaired) electrons. The van der Waals surface area contributed by atoms with Gasteiger partial charge in [0.25, 0.3) is 5.56 Å². The van der Waals surface area contributed by atoms with Gasteiger partial charge in [0.2, 0.25) is 0 Å². The van der Waals surface area contributed by atoms with Crippen LogP contribution in [0.2, 0.25) is 0 Å². The summed E-state index contributed by atoms with van der Waals surface area (Å²) in [4.78, 5) is 27.7. The maximum Gasteiger partial charge on any atom is 0.333 e. The van der Waals surface area contributed by atoms with Crippen molar-refractivity contribution in [2.75, 3.05) is 13.7 Å². The first-order chi connectivity index (χ1) is 13.5. The van der Waals surface area contributed by atoms with Gasteiger partial charge in [-0.25, -0.2) is 4.79 Å². The first-order valence-electron chi connectivity index (χ1n) is 8.43. The van der Waals surface area contributed by atoms with Crippen LogP contribution < -0.4 is 16.0 Å². The Balaban J connectivity index is 1.95. The smallest absolute Gasteiger partial charge is 0.333 e. The van der Waals surface area contributed by atoms with E-state index in [-0.39, 0.29) is 6.54 Å². The second-order valence-electron chi connectivity index (χ2n) is 6.21. The summed E-state index contributed by atoms with van der Waals surface area (Å²) in [6, 6.07) is 6.99. The lowest BCUT2D eigenvalue weighted by Gasteiger charge is -2.19. The second kappa shape index (κ2) is 8.28. The van der Waals surface area contributed by atoms with Crippen molar-refractivity contribution in [2.45, 2.75) is 31.0 Å². The quantitative estimate of drug-likeness (QED) is 0.403. The monoisotopic (exact) mass is 389 g/mol. The Kier molecular flexibility index (Phi) is 5.81. The molecule has 1 aromatic carbocycles. The third kappa shape index (κ3) is 3.64. The van der Waals surface area contributed by atoms with E-state index in [1.807, 2.05) is 0 Å². The lowest BCUT2D eigenvalue weighted by Crippen LogP contribution is -2.43. The van der Waals surface area contributed by atoms with E-state index in [2.05, 4.69) is 10.0 Å². The molecule has 0 bridgehead atoms. The van der Waals surface area contributed by atoms with Crippen molar-refractivity contribution >= 4 is 0 Å². The molecule has 0 aliphatic carbocycles. The number of aliphatic hydroxyl groups is 2. The third-order valence-electron chi connectivity index (χ3n) is 4.57. The fourth-order valence-electron chi connectivity index (χ4n) is 3.10. The highest BCUT2D eigenvalue weighted by atomic mass is 16.5. The summed E-state index contributed by atoms with van der Waals surface area (Å²) < 4.78 is 12.6. The van der Waals surface area contributed by atoms with E-state index in [0.717, 1.165) is 9.13 Å². The van der Waals surface area contributed by atoms with Gasteiger partial charge in [-0.3, -0.25) is 13.9 Å². The first kappa shape index (κ1) is 19.6. The molecule has 2 aromatic rings. The zero-order valence-electron chi connectivity index (χ0n) is 15.0. The molecule has 2 N–H and O–H groups in total. The Bertz CT molecular complexity index is 994. The predicted molar refractivity (Wildman–Crippen MR) is 97.0 cm³/mol. The van der Waals surface area contributed by atoms with Gasteiger partial charge in [-0.1, -0.05) is 17.2 Å². The van der Waals surface area contributed by atoms with Crippen LogP contribution >= 0.6 is 0 Å². The molecule has 11 nitrogen and oxygen atoms in total. The van der Waals surface area contributed by atoms with Crippen molar-refractivity contribution in [3.8, 4) is 5.75 Å². The van der Waals surface area contributed by atoms with Gasteiger partial charge < -0.3 is 19.7 Å². The highest BCUT2D eigenvalue weighted by Crippen LogP contribution is 2.30. The molecule has 0 saturated carbocycles. The Morgan fingerprint density at radius 2 is 2.00 bits per heavy atom. The van der Waals surface area contributed by atoms with Crippen LogP contribution in [0.4, 0.5) is 0 Å². The summed E-state index contributed by atoms with van der Waals surface area (Å²) in [7, 11) is 1.53. The Labute approximate surface area is 158 Å². The number of ether oxygens (including phenoxy) is 2. The molecule has 4 atom stereocenters. The fourth-order valence-corrected chi connectivity index (χ4v) is 3.10. The average molecular weight is 389 g/mol. The third-order valence-corrected chi connectivity index (χ3v) is 4.57. The number of methoxy groups -OCH3 is 1. The molecule has 0 unspecified atom stereocenters. The number of nitrogens with zero attached hydrogens (tertiary/aromatic N) is 5. The van der Waals surface area contributed by atoms with Crippen molar-refractivity contribution in [2.24, 2.45) is 5.11 Å². The molecule has 1 fully saturated rings. The van der Waals surface area contributed by atoms with Gasteiger partial charge in [0.1, 0.15) is 11.9 Å². The Morgan fingerprint density at radius 1 is 1.29 bits per heavy atom. The normalized spacial score (nSPS) is 24.0. The minimum absolute atomic E-state index is 0.00845. The van der Waals surface area contributed by atoms with Crippen LogP contribution in [0.3, 0.4) is 0 Å². The minimum Gasteiger partial charge on any atom is -0.497 e. The Hall–Kier alpha value is -3.11. The van der Waals surface area contributed by atoms with E-state index in [9.17, 15) is 19.8 Å². The molecule has 0 amide bonds. The van der Waals surface area contributed by atoms with Gasteiger partial charge in [0.15, 0.2) is 6.23 Å². The number of aromatic nitrogens is 2. The van der Waals surface area contributed by atoms with Crippen LogP contribution in [0.1, 0.15) is 11.8 Å². The molecule has 2 heterocycles. The second-order valence-corrected chi connectivity index (χ2v) is 6.21. The van der Waals surface area contributed by atoms with Crippen molar-refractivity contribution in [3.63, 3.8) is 0 Å². The molecular formula is C17H19N5O6. The van der Waals surface area contributed by atoms with Crippen molar-refractivity contribution < 1.29 is 19.7 Å². The molecule has 3 rings (SSSR count). The molecule has 1 saturated heterocycles. The average Bonchev–Trinajstić information content (AvgIpc) is 3.02. The van der Waals surface area contributed by atoms with Gasteiger partial charge in [-0.15, -0.1) is 0 Å². The van der Waals surface area contributed by atoms with Crippen LogP contribution in [-0.2, 0) is 11.3 Å². The SMILES string of the molecule is COc1ccc(Cn2c(=O)ccn([C@@H]3O[C@H](CO)[C@@H](N=[N+]=[N-])[C@H]3O)c2=O)cc1. The number of benzene rings is 1. The van der Waals surface area contributed by atoms with Gasteiger partial charge in [0, 0.05) is 17.2 Å². The molecule has 1 aromatic heterocycles. The molecule has 148 valence electrons. The zero-order valence-corrected chi connectivity index (χ0v) is 15.0. The predicted octanol–water partition coefficient (Wildman–Crippen LogP) is -0.00360. The Morgan fingerprint density at radius 3 is 2.61 bits per heavy atom. The lowest BCUT2D eigenvalue weighted by atomic mass is 10.1. The van der Waals surface area contributed by atoms with Crippen LogP contribution in [0.15, 0.2) is 51.2 Å². The van der Waals surface area contributed by atoms with E-state index >= 15 is 0 Å². The summed E-state index contributed by atoms with van der Waals surface area (Å²) >= 11 is 0. The summed E-state index contributed by atoms with van der Waals surface area (Å²) in [6.45, 7) is -0.494. The van der Waals surface area contributed by atoms with E-state index in [4.69, 9.17) is 15.0 Å². The van der Waals surface area contributed by atoms with E-state index in [1.54, 1.807) is 24.3 Å². The summed E-state index contributed by atoms with van der Waals surface area (Å²) in [5, 5.41) is 23.2. The molecule has 1 aliphatic heterocycles. The zero-order chi connectivity index (χ0) is 20.3. The maximum absolute atomic E-state index is 12.9. The number of hydrogen-bond acceptors (Lipinski definition) is 7. The fraction of sp³-hybridized carbons (Fsp3) is 0.412.